The highest BCUT2D eigenvalue weighted by Gasteiger charge is 2.20. The van der Waals surface area contributed by atoms with Gasteiger partial charge in [0.1, 0.15) is 5.82 Å². The molecule has 0 unspecified atom stereocenters. The minimum absolute atomic E-state index is 0.190. The zero-order valence-corrected chi connectivity index (χ0v) is 12.7. The van der Waals surface area contributed by atoms with Crippen molar-refractivity contribution in [1.82, 2.24) is 15.2 Å². The third-order valence-corrected chi connectivity index (χ3v) is 4.14. The number of hydrogen-bond acceptors (Lipinski definition) is 3. The van der Waals surface area contributed by atoms with Crippen molar-refractivity contribution in [2.45, 2.75) is 32.9 Å². The van der Waals surface area contributed by atoms with Crippen molar-refractivity contribution in [1.29, 1.82) is 0 Å². The van der Waals surface area contributed by atoms with Crippen LogP contribution >= 0.6 is 0 Å². The van der Waals surface area contributed by atoms with E-state index in [0.717, 1.165) is 49.9 Å². The van der Waals surface area contributed by atoms with Crippen LogP contribution in [0.25, 0.3) is 10.9 Å². The van der Waals surface area contributed by atoms with E-state index < -0.39 is 0 Å². The molecule has 0 spiro atoms. The Labute approximate surface area is 125 Å². The van der Waals surface area contributed by atoms with Gasteiger partial charge in [0.25, 0.3) is 0 Å². The van der Waals surface area contributed by atoms with E-state index in [4.69, 9.17) is 4.98 Å². The number of aromatic nitrogens is 1. The minimum Gasteiger partial charge on any atom is -0.313 e. The summed E-state index contributed by atoms with van der Waals surface area (Å²) in [6, 6.07) is 4.92. The molecule has 3 nitrogen and oxygen atoms in total. The van der Waals surface area contributed by atoms with Crippen molar-refractivity contribution in [3.8, 4) is 0 Å². The minimum atomic E-state index is -0.190. The van der Waals surface area contributed by atoms with E-state index in [-0.39, 0.29) is 5.82 Å². The van der Waals surface area contributed by atoms with Gasteiger partial charge in [0, 0.05) is 37.1 Å². The second kappa shape index (κ2) is 6.08. The van der Waals surface area contributed by atoms with Crippen molar-refractivity contribution < 1.29 is 4.39 Å². The molecule has 0 amide bonds. The number of benzene rings is 1. The van der Waals surface area contributed by atoms with E-state index in [9.17, 15) is 4.39 Å². The average Bonchev–Trinajstić information content (AvgIpc) is 2.47. The van der Waals surface area contributed by atoms with Gasteiger partial charge in [-0.3, -0.25) is 4.98 Å². The number of fused-ring (bicyclic) bond motifs is 2. The number of pyridine rings is 1. The van der Waals surface area contributed by atoms with Gasteiger partial charge in [0.05, 0.1) is 5.52 Å². The summed E-state index contributed by atoms with van der Waals surface area (Å²) in [4.78, 5) is 7.06. The quantitative estimate of drug-likeness (QED) is 0.877. The van der Waals surface area contributed by atoms with E-state index in [1.54, 1.807) is 12.1 Å². The van der Waals surface area contributed by atoms with Crippen LogP contribution in [0.2, 0.25) is 0 Å². The number of nitrogens with zero attached hydrogens (tertiary/aromatic N) is 2. The van der Waals surface area contributed by atoms with Crippen LogP contribution in [0.5, 0.6) is 0 Å². The zero-order valence-electron chi connectivity index (χ0n) is 12.7. The first-order valence-electron chi connectivity index (χ1n) is 7.68. The first-order valence-corrected chi connectivity index (χ1v) is 7.68. The van der Waals surface area contributed by atoms with Gasteiger partial charge in [0.2, 0.25) is 0 Å². The molecule has 1 aromatic carbocycles. The fourth-order valence-electron chi connectivity index (χ4n) is 3.03. The maximum Gasteiger partial charge on any atom is 0.123 e. The van der Waals surface area contributed by atoms with Crippen LogP contribution in [0.15, 0.2) is 18.2 Å². The van der Waals surface area contributed by atoms with Gasteiger partial charge in [-0.2, -0.15) is 0 Å². The molecule has 0 atom stereocenters. The van der Waals surface area contributed by atoms with Crippen LogP contribution in [-0.4, -0.2) is 30.0 Å². The summed E-state index contributed by atoms with van der Waals surface area (Å²) in [5.74, 6) is -0.190. The van der Waals surface area contributed by atoms with Crippen molar-refractivity contribution >= 4 is 10.9 Å². The summed E-state index contributed by atoms with van der Waals surface area (Å²) in [5.41, 5.74) is 4.59. The normalized spacial score (nSPS) is 15.4. The van der Waals surface area contributed by atoms with Crippen molar-refractivity contribution in [2.75, 3.05) is 20.1 Å². The fraction of sp³-hybridized carbons (Fsp3) is 0.471. The Bertz CT molecular complexity index is 654. The molecule has 4 heteroatoms. The van der Waals surface area contributed by atoms with Gasteiger partial charge < -0.3 is 10.2 Å². The van der Waals surface area contributed by atoms with Gasteiger partial charge in [-0.1, -0.05) is 6.92 Å². The van der Waals surface area contributed by atoms with E-state index in [1.807, 2.05) is 0 Å². The predicted octanol–water partition coefficient (Wildman–Crippen LogP) is 2.86. The third-order valence-electron chi connectivity index (χ3n) is 4.14. The lowest BCUT2D eigenvalue weighted by molar-refractivity contribution is 0.308. The van der Waals surface area contributed by atoms with Gasteiger partial charge in [-0.25, -0.2) is 4.39 Å². The zero-order chi connectivity index (χ0) is 14.8. The molecule has 0 saturated carbocycles. The molecule has 0 radical (unpaired) electrons. The first kappa shape index (κ1) is 14.4. The molecule has 0 fully saturated rings. The molecule has 1 aromatic heterocycles. The van der Waals surface area contributed by atoms with Crippen molar-refractivity contribution in [3.63, 3.8) is 0 Å². The molecule has 112 valence electrons. The lowest BCUT2D eigenvalue weighted by atomic mass is 9.96. The Hall–Kier alpha value is -1.52. The van der Waals surface area contributed by atoms with E-state index >= 15 is 0 Å². The molecule has 0 saturated heterocycles. The number of rotatable bonds is 4. The molecule has 0 bridgehead atoms. The molecular formula is C17H22FN3. The maximum atomic E-state index is 13.7. The van der Waals surface area contributed by atoms with Gasteiger partial charge >= 0.3 is 0 Å². The Morgan fingerprint density at radius 3 is 3.05 bits per heavy atom. The van der Waals surface area contributed by atoms with Crippen LogP contribution in [0.3, 0.4) is 0 Å². The van der Waals surface area contributed by atoms with Crippen molar-refractivity contribution in [3.05, 3.63) is 40.8 Å². The molecular weight excluding hydrogens is 265 g/mol. The van der Waals surface area contributed by atoms with E-state index in [1.165, 1.54) is 22.9 Å². The molecule has 2 aromatic rings. The maximum absolute atomic E-state index is 13.7. The Morgan fingerprint density at radius 2 is 2.24 bits per heavy atom. The molecule has 21 heavy (non-hydrogen) atoms. The average molecular weight is 287 g/mol. The standard InChI is InChI=1S/C17H22FN3/c1-3-7-19-10-14-13-9-12(18)4-5-16(13)20-17-6-8-21(2)11-15(14)17/h4-5,9,19H,3,6-8,10-11H2,1-2H3. The van der Waals surface area contributed by atoms with Crippen LogP contribution in [0.4, 0.5) is 4.39 Å². The SMILES string of the molecule is CCCNCc1c2c(nc3ccc(F)cc13)CCN(C)C2. The summed E-state index contributed by atoms with van der Waals surface area (Å²) in [6.45, 7) is 5.85. The predicted molar refractivity (Wildman–Crippen MR) is 83.7 cm³/mol. The second-order valence-electron chi connectivity index (χ2n) is 5.84. The van der Waals surface area contributed by atoms with Crippen LogP contribution < -0.4 is 5.32 Å². The highest BCUT2D eigenvalue weighted by molar-refractivity contribution is 5.84. The van der Waals surface area contributed by atoms with E-state index in [0.29, 0.717) is 0 Å². The Balaban J connectivity index is 2.12. The van der Waals surface area contributed by atoms with Gasteiger partial charge in [-0.05, 0) is 49.3 Å². The second-order valence-corrected chi connectivity index (χ2v) is 5.84. The topological polar surface area (TPSA) is 28.2 Å². The summed E-state index contributed by atoms with van der Waals surface area (Å²) in [6.07, 6.45) is 2.07. The fourth-order valence-corrected chi connectivity index (χ4v) is 3.03. The van der Waals surface area contributed by atoms with Gasteiger partial charge in [0.15, 0.2) is 0 Å². The molecule has 0 aliphatic carbocycles. The molecule has 1 aliphatic rings. The molecule has 3 rings (SSSR count). The highest BCUT2D eigenvalue weighted by atomic mass is 19.1. The lowest BCUT2D eigenvalue weighted by Gasteiger charge is -2.27. The Kier molecular flexibility index (Phi) is 4.17. The highest BCUT2D eigenvalue weighted by Crippen LogP contribution is 2.28. The molecule has 2 heterocycles. The molecule has 1 aliphatic heterocycles. The first-order chi connectivity index (χ1) is 10.2. The largest absolute Gasteiger partial charge is 0.313 e. The summed E-state index contributed by atoms with van der Waals surface area (Å²) in [5, 5.41) is 4.41. The summed E-state index contributed by atoms with van der Waals surface area (Å²) >= 11 is 0. The summed E-state index contributed by atoms with van der Waals surface area (Å²) < 4.78 is 13.7. The van der Waals surface area contributed by atoms with Gasteiger partial charge in [-0.15, -0.1) is 0 Å². The molecule has 1 N–H and O–H groups in total. The Morgan fingerprint density at radius 1 is 1.38 bits per heavy atom. The van der Waals surface area contributed by atoms with E-state index in [2.05, 4.69) is 24.2 Å². The summed E-state index contributed by atoms with van der Waals surface area (Å²) in [7, 11) is 2.13. The number of nitrogens with one attached hydrogen (secondary N) is 1. The number of hydrogen-bond donors (Lipinski definition) is 1. The van der Waals surface area contributed by atoms with Crippen LogP contribution in [-0.2, 0) is 19.5 Å². The number of halogens is 1. The van der Waals surface area contributed by atoms with Crippen molar-refractivity contribution in [2.24, 2.45) is 0 Å². The lowest BCUT2D eigenvalue weighted by Crippen LogP contribution is -2.29. The smallest absolute Gasteiger partial charge is 0.123 e. The van der Waals surface area contributed by atoms with Crippen LogP contribution in [0, 0.1) is 5.82 Å². The third kappa shape index (κ3) is 2.92. The number of likely N-dealkylation sites (N-methyl/N-ethyl adjacent to an activating group) is 1. The van der Waals surface area contributed by atoms with Crippen LogP contribution in [0.1, 0.15) is 30.2 Å². The monoisotopic (exact) mass is 287 g/mol.